The SMILES string of the molecule is C[C@H](O)[C@H]1CC[C@@]2(C)C3=C(CC[C@]12C)[C@@]1(C)[C@H](O)[C@@H](O)[C@H](O)C(C)(C)[C@@H]1CC3. The van der Waals surface area contributed by atoms with Crippen LogP contribution in [0.15, 0.2) is 11.1 Å². The van der Waals surface area contributed by atoms with Crippen molar-refractivity contribution >= 4 is 0 Å². The quantitative estimate of drug-likeness (QED) is 0.516. The molecule has 28 heavy (non-hydrogen) atoms. The number of fused-ring (bicyclic) bond motifs is 4. The van der Waals surface area contributed by atoms with E-state index in [-0.39, 0.29) is 22.9 Å². The lowest BCUT2D eigenvalue weighted by Crippen LogP contribution is -2.66. The molecule has 0 aromatic carbocycles. The standard InChI is InChI=1S/C24H40O4/c1-13(25)14-9-11-23(5)15-7-8-17-21(2,3)19(27)18(26)20(28)24(17,6)16(15)10-12-22(14,23)4/h13-14,17-20,25-28H,7-12H2,1-6H3/t13-,14+,17-,18-,19-,20+,22+,23-,24+/m0/s1. The molecular weight excluding hydrogens is 352 g/mol. The van der Waals surface area contributed by atoms with E-state index in [1.807, 2.05) is 6.92 Å². The molecule has 9 atom stereocenters. The van der Waals surface area contributed by atoms with Crippen LogP contribution in [0.3, 0.4) is 0 Å². The molecule has 2 fully saturated rings. The molecule has 4 heteroatoms. The van der Waals surface area contributed by atoms with Crippen molar-refractivity contribution < 1.29 is 20.4 Å². The van der Waals surface area contributed by atoms with E-state index in [0.29, 0.717) is 5.92 Å². The van der Waals surface area contributed by atoms with Crippen molar-refractivity contribution in [1.29, 1.82) is 0 Å². The van der Waals surface area contributed by atoms with Crippen LogP contribution < -0.4 is 0 Å². The van der Waals surface area contributed by atoms with Gasteiger partial charge in [-0.1, -0.05) is 45.8 Å². The summed E-state index contributed by atoms with van der Waals surface area (Å²) in [6, 6.07) is 0. The van der Waals surface area contributed by atoms with Crippen LogP contribution in [0.1, 0.15) is 80.1 Å². The van der Waals surface area contributed by atoms with Crippen LogP contribution in [-0.2, 0) is 0 Å². The third-order valence-electron chi connectivity index (χ3n) is 10.5. The molecular formula is C24H40O4. The van der Waals surface area contributed by atoms with Crippen LogP contribution in [0.4, 0.5) is 0 Å². The first-order valence-corrected chi connectivity index (χ1v) is 11.3. The van der Waals surface area contributed by atoms with E-state index >= 15 is 0 Å². The minimum Gasteiger partial charge on any atom is -0.393 e. The van der Waals surface area contributed by atoms with Crippen LogP contribution in [-0.4, -0.2) is 44.8 Å². The Kier molecular flexibility index (Phi) is 4.51. The zero-order valence-electron chi connectivity index (χ0n) is 18.5. The van der Waals surface area contributed by atoms with Crippen LogP contribution in [0.2, 0.25) is 0 Å². The lowest BCUT2D eigenvalue weighted by Gasteiger charge is -2.64. The zero-order valence-corrected chi connectivity index (χ0v) is 18.5. The Labute approximate surface area is 170 Å². The fourth-order valence-corrected chi connectivity index (χ4v) is 8.58. The average Bonchev–Trinajstić information content (AvgIpc) is 2.90. The van der Waals surface area contributed by atoms with Gasteiger partial charge in [0, 0.05) is 5.41 Å². The van der Waals surface area contributed by atoms with Crippen molar-refractivity contribution in [2.24, 2.45) is 33.5 Å². The predicted octanol–water partition coefficient (Wildman–Crippen LogP) is 3.42. The Morgan fingerprint density at radius 3 is 2.11 bits per heavy atom. The number of rotatable bonds is 1. The highest BCUT2D eigenvalue weighted by atomic mass is 16.4. The van der Waals surface area contributed by atoms with E-state index in [1.54, 1.807) is 0 Å². The third-order valence-corrected chi connectivity index (χ3v) is 10.5. The second-order valence-electron chi connectivity index (χ2n) is 11.7. The molecule has 0 bridgehead atoms. The van der Waals surface area contributed by atoms with Gasteiger partial charge >= 0.3 is 0 Å². The van der Waals surface area contributed by atoms with Crippen molar-refractivity contribution in [3.8, 4) is 0 Å². The molecule has 4 nitrogen and oxygen atoms in total. The third kappa shape index (κ3) is 2.21. The fourth-order valence-electron chi connectivity index (χ4n) is 8.58. The number of hydrogen-bond acceptors (Lipinski definition) is 4. The normalized spacial score (nSPS) is 54.0. The Hall–Kier alpha value is -0.420. The maximum absolute atomic E-state index is 11.2. The van der Waals surface area contributed by atoms with E-state index in [2.05, 4.69) is 34.6 Å². The minimum absolute atomic E-state index is 0.0428. The van der Waals surface area contributed by atoms with E-state index in [9.17, 15) is 20.4 Å². The highest BCUT2D eigenvalue weighted by Gasteiger charge is 2.66. The van der Waals surface area contributed by atoms with Crippen LogP contribution in [0.25, 0.3) is 0 Å². The Bertz CT molecular complexity index is 697. The van der Waals surface area contributed by atoms with Gasteiger partial charge in [0.05, 0.1) is 18.3 Å². The summed E-state index contributed by atoms with van der Waals surface area (Å²) < 4.78 is 0. The monoisotopic (exact) mass is 392 g/mol. The highest BCUT2D eigenvalue weighted by Crippen LogP contribution is 2.71. The lowest BCUT2D eigenvalue weighted by atomic mass is 9.42. The van der Waals surface area contributed by atoms with Crippen LogP contribution in [0, 0.1) is 33.5 Å². The van der Waals surface area contributed by atoms with Gasteiger partial charge in [0.15, 0.2) is 0 Å². The average molecular weight is 393 g/mol. The van der Waals surface area contributed by atoms with Crippen molar-refractivity contribution in [3.05, 3.63) is 11.1 Å². The van der Waals surface area contributed by atoms with Crippen molar-refractivity contribution in [2.45, 2.75) is 104 Å². The summed E-state index contributed by atoms with van der Waals surface area (Å²) in [4.78, 5) is 0. The molecule has 160 valence electrons. The number of allylic oxidation sites excluding steroid dienone is 1. The van der Waals surface area contributed by atoms with Crippen molar-refractivity contribution in [2.75, 3.05) is 0 Å². The van der Waals surface area contributed by atoms with Crippen molar-refractivity contribution in [1.82, 2.24) is 0 Å². The van der Waals surface area contributed by atoms with Crippen LogP contribution >= 0.6 is 0 Å². The molecule has 0 radical (unpaired) electrons. The van der Waals surface area contributed by atoms with E-state index in [0.717, 1.165) is 38.5 Å². The summed E-state index contributed by atoms with van der Waals surface area (Å²) >= 11 is 0. The summed E-state index contributed by atoms with van der Waals surface area (Å²) in [5.74, 6) is 0.464. The molecule has 0 amide bonds. The summed E-state index contributed by atoms with van der Waals surface area (Å²) in [6.07, 6.45) is 2.78. The topological polar surface area (TPSA) is 80.9 Å². The first kappa shape index (κ1) is 20.8. The van der Waals surface area contributed by atoms with E-state index in [1.165, 1.54) is 11.1 Å². The highest BCUT2D eigenvalue weighted by molar-refractivity contribution is 5.40. The number of hydrogen-bond donors (Lipinski definition) is 4. The first-order chi connectivity index (χ1) is 12.8. The number of aliphatic hydroxyl groups is 4. The van der Waals surface area contributed by atoms with Gasteiger partial charge in [-0.25, -0.2) is 0 Å². The molecule has 0 aliphatic heterocycles. The molecule has 4 aliphatic rings. The molecule has 0 aromatic rings. The summed E-state index contributed by atoms with van der Waals surface area (Å²) in [7, 11) is 0. The lowest BCUT2D eigenvalue weighted by molar-refractivity contribution is -0.217. The predicted molar refractivity (Wildman–Crippen MR) is 110 cm³/mol. The second-order valence-corrected chi connectivity index (χ2v) is 11.7. The molecule has 4 N–H and O–H groups in total. The molecule has 0 saturated heterocycles. The maximum atomic E-state index is 11.2. The Morgan fingerprint density at radius 2 is 1.50 bits per heavy atom. The molecule has 4 aliphatic carbocycles. The number of aliphatic hydroxyl groups excluding tert-OH is 4. The van der Waals surface area contributed by atoms with Gasteiger partial charge in [0.25, 0.3) is 0 Å². The molecule has 4 rings (SSSR count). The Morgan fingerprint density at radius 1 is 0.857 bits per heavy atom. The molecule has 0 spiro atoms. The Balaban J connectivity index is 1.86. The van der Waals surface area contributed by atoms with E-state index in [4.69, 9.17) is 0 Å². The summed E-state index contributed by atoms with van der Waals surface area (Å²) in [5, 5.41) is 43.1. The summed E-state index contributed by atoms with van der Waals surface area (Å²) in [5.41, 5.74) is 2.02. The molecule has 0 unspecified atom stereocenters. The van der Waals surface area contributed by atoms with Gasteiger partial charge in [-0.05, 0) is 73.5 Å². The van der Waals surface area contributed by atoms with Gasteiger partial charge in [-0.15, -0.1) is 0 Å². The zero-order chi connectivity index (χ0) is 20.9. The molecule has 2 saturated carbocycles. The van der Waals surface area contributed by atoms with Crippen molar-refractivity contribution in [3.63, 3.8) is 0 Å². The molecule has 0 heterocycles. The van der Waals surface area contributed by atoms with Gasteiger partial charge in [0.2, 0.25) is 0 Å². The molecule has 0 aromatic heterocycles. The maximum Gasteiger partial charge on any atom is 0.107 e. The van der Waals surface area contributed by atoms with Gasteiger partial charge < -0.3 is 20.4 Å². The van der Waals surface area contributed by atoms with Crippen LogP contribution in [0.5, 0.6) is 0 Å². The van der Waals surface area contributed by atoms with E-state index < -0.39 is 29.1 Å². The minimum atomic E-state index is -1.11. The first-order valence-electron chi connectivity index (χ1n) is 11.3. The second kappa shape index (κ2) is 6.06. The largest absolute Gasteiger partial charge is 0.393 e. The van der Waals surface area contributed by atoms with Gasteiger partial charge in [-0.2, -0.15) is 0 Å². The fraction of sp³-hybridized carbons (Fsp3) is 0.917. The van der Waals surface area contributed by atoms with Gasteiger partial charge in [-0.3, -0.25) is 0 Å². The smallest absolute Gasteiger partial charge is 0.107 e. The van der Waals surface area contributed by atoms with Gasteiger partial charge in [0.1, 0.15) is 6.10 Å². The summed E-state index contributed by atoms with van der Waals surface area (Å²) in [6.45, 7) is 12.9.